The average molecular weight is 376 g/mol. The first-order chi connectivity index (χ1) is 13.5. The second-order valence-electron chi connectivity index (χ2n) is 6.80. The van der Waals surface area contributed by atoms with Gasteiger partial charge in [0.2, 0.25) is 0 Å². The Morgan fingerprint density at radius 2 is 1.43 bits per heavy atom. The van der Waals surface area contributed by atoms with Crippen LogP contribution in [-0.2, 0) is 6.42 Å². The molecule has 0 bridgehead atoms. The van der Waals surface area contributed by atoms with E-state index >= 15 is 0 Å². The van der Waals surface area contributed by atoms with Crippen LogP contribution in [0.4, 0.5) is 0 Å². The van der Waals surface area contributed by atoms with Crippen LogP contribution in [0.5, 0.6) is 28.7 Å². The van der Waals surface area contributed by atoms with Crippen molar-refractivity contribution < 1.29 is 29.6 Å². The van der Waals surface area contributed by atoms with E-state index in [0.717, 1.165) is 11.1 Å². The highest BCUT2D eigenvalue weighted by atomic mass is 16.5. The highest BCUT2D eigenvalue weighted by Crippen LogP contribution is 2.46. The fraction of sp³-hybridized carbons (Fsp3) is 0.0909. The molecule has 0 radical (unpaired) electrons. The Morgan fingerprint density at radius 3 is 2.14 bits per heavy atom. The van der Waals surface area contributed by atoms with Crippen LogP contribution in [-0.4, -0.2) is 20.4 Å². The molecule has 1 aromatic heterocycles. The number of benzene rings is 3. The van der Waals surface area contributed by atoms with Gasteiger partial charge in [0.25, 0.3) is 0 Å². The molecule has 140 valence electrons. The lowest BCUT2D eigenvalue weighted by atomic mass is 10.0. The van der Waals surface area contributed by atoms with Crippen molar-refractivity contribution >= 4 is 11.0 Å². The normalized spacial score (nSPS) is 15.5. The van der Waals surface area contributed by atoms with Gasteiger partial charge in [-0.3, -0.25) is 0 Å². The molecule has 0 amide bonds. The molecule has 0 spiro atoms. The summed E-state index contributed by atoms with van der Waals surface area (Å²) >= 11 is 0. The van der Waals surface area contributed by atoms with E-state index in [4.69, 9.17) is 9.15 Å². The molecular formula is C22H16O6. The number of phenols is 4. The number of hydrogen-bond donors (Lipinski definition) is 4. The summed E-state index contributed by atoms with van der Waals surface area (Å²) in [5, 5.41) is 40.2. The molecular weight excluding hydrogens is 360 g/mol. The number of ether oxygens (including phenoxy) is 1. The first kappa shape index (κ1) is 16.4. The van der Waals surface area contributed by atoms with Crippen LogP contribution in [0.15, 0.2) is 59.0 Å². The molecule has 0 saturated heterocycles. The summed E-state index contributed by atoms with van der Waals surface area (Å²) in [6, 6.07) is 14.8. The predicted octanol–water partition coefficient (Wildman–Crippen LogP) is 4.60. The van der Waals surface area contributed by atoms with Gasteiger partial charge < -0.3 is 29.6 Å². The van der Waals surface area contributed by atoms with E-state index in [-0.39, 0.29) is 34.7 Å². The molecule has 0 fully saturated rings. The highest BCUT2D eigenvalue weighted by molar-refractivity contribution is 5.91. The van der Waals surface area contributed by atoms with Crippen LogP contribution < -0.4 is 4.74 Å². The Kier molecular flexibility index (Phi) is 3.42. The lowest BCUT2D eigenvalue weighted by Crippen LogP contribution is -2.02. The Labute approximate surface area is 159 Å². The van der Waals surface area contributed by atoms with Gasteiger partial charge in [-0.25, -0.2) is 0 Å². The maximum absolute atomic E-state index is 9.98. The van der Waals surface area contributed by atoms with Crippen LogP contribution in [0.2, 0.25) is 0 Å². The number of aromatic hydroxyl groups is 4. The van der Waals surface area contributed by atoms with Gasteiger partial charge in [0.15, 0.2) is 22.8 Å². The lowest BCUT2D eigenvalue weighted by molar-refractivity contribution is 0.230. The van der Waals surface area contributed by atoms with E-state index in [0.29, 0.717) is 28.9 Å². The van der Waals surface area contributed by atoms with Crippen LogP contribution in [0.25, 0.3) is 22.3 Å². The predicted molar refractivity (Wildman–Crippen MR) is 102 cm³/mol. The smallest absolute Gasteiger partial charge is 0.180 e. The Bertz CT molecular complexity index is 1140. The molecule has 1 aliphatic rings. The molecule has 0 saturated carbocycles. The summed E-state index contributed by atoms with van der Waals surface area (Å²) in [6.45, 7) is 0. The zero-order valence-corrected chi connectivity index (χ0v) is 14.6. The minimum Gasteiger partial charge on any atom is -0.508 e. The van der Waals surface area contributed by atoms with E-state index < -0.39 is 0 Å². The fourth-order valence-electron chi connectivity index (χ4n) is 3.59. The standard InChI is InChI=1S/C22H16O6/c23-15-5-7-17(25)21-13(15)9-19(27-21)11-1-2-12(4-3-11)20-10-14-16(24)6-8-18(26)22(14)28-20/h1-9,20,23-26H,10H2/t20-/m1/s1. The van der Waals surface area contributed by atoms with Crippen LogP contribution in [0, 0.1) is 0 Å². The van der Waals surface area contributed by atoms with Crippen molar-refractivity contribution in [2.45, 2.75) is 12.5 Å². The van der Waals surface area contributed by atoms with E-state index in [1.807, 2.05) is 24.3 Å². The summed E-state index contributed by atoms with van der Waals surface area (Å²) in [7, 11) is 0. The van der Waals surface area contributed by atoms with E-state index in [9.17, 15) is 20.4 Å². The van der Waals surface area contributed by atoms with E-state index in [1.165, 1.54) is 24.3 Å². The average Bonchev–Trinajstić information content (AvgIpc) is 3.34. The Hall–Kier alpha value is -3.80. The fourth-order valence-corrected chi connectivity index (χ4v) is 3.59. The molecule has 0 unspecified atom stereocenters. The van der Waals surface area contributed by atoms with Crippen molar-refractivity contribution in [3.8, 4) is 40.1 Å². The molecule has 4 N–H and O–H groups in total. The third-order valence-corrected chi connectivity index (χ3v) is 5.07. The third kappa shape index (κ3) is 2.42. The van der Waals surface area contributed by atoms with Crippen molar-refractivity contribution in [3.63, 3.8) is 0 Å². The van der Waals surface area contributed by atoms with Crippen LogP contribution in [0.3, 0.4) is 0 Å². The van der Waals surface area contributed by atoms with Gasteiger partial charge in [-0.15, -0.1) is 0 Å². The molecule has 5 rings (SSSR count). The lowest BCUT2D eigenvalue weighted by Gasteiger charge is -2.11. The minimum absolute atomic E-state index is 0.00816. The quantitative estimate of drug-likeness (QED) is 0.381. The molecule has 6 nitrogen and oxygen atoms in total. The first-order valence-corrected chi connectivity index (χ1v) is 8.76. The van der Waals surface area contributed by atoms with Gasteiger partial charge in [-0.2, -0.15) is 0 Å². The van der Waals surface area contributed by atoms with Gasteiger partial charge in [0.05, 0.1) is 5.39 Å². The van der Waals surface area contributed by atoms with Crippen molar-refractivity contribution in [2.75, 3.05) is 0 Å². The number of furan rings is 1. The maximum Gasteiger partial charge on any atom is 0.180 e. The van der Waals surface area contributed by atoms with Gasteiger partial charge in [0.1, 0.15) is 23.4 Å². The van der Waals surface area contributed by atoms with Gasteiger partial charge in [-0.1, -0.05) is 24.3 Å². The molecule has 28 heavy (non-hydrogen) atoms. The SMILES string of the molecule is Oc1ccc(O)c2c1C[C@H](c1ccc(-c3cc4c(O)ccc(O)c4o3)cc1)O2. The van der Waals surface area contributed by atoms with Gasteiger partial charge in [0, 0.05) is 17.5 Å². The molecule has 3 aromatic carbocycles. The monoisotopic (exact) mass is 376 g/mol. The number of phenolic OH excluding ortho intramolecular Hbond substituents is 4. The largest absolute Gasteiger partial charge is 0.508 e. The molecule has 1 atom stereocenters. The molecule has 4 aromatic rings. The van der Waals surface area contributed by atoms with Crippen LogP contribution >= 0.6 is 0 Å². The molecule has 2 heterocycles. The van der Waals surface area contributed by atoms with Gasteiger partial charge >= 0.3 is 0 Å². The third-order valence-electron chi connectivity index (χ3n) is 5.07. The van der Waals surface area contributed by atoms with Crippen molar-refractivity contribution in [1.29, 1.82) is 0 Å². The number of fused-ring (bicyclic) bond motifs is 2. The number of hydrogen-bond acceptors (Lipinski definition) is 6. The second-order valence-corrected chi connectivity index (χ2v) is 6.80. The summed E-state index contributed by atoms with van der Waals surface area (Å²) in [5.41, 5.74) is 2.50. The van der Waals surface area contributed by atoms with E-state index in [1.54, 1.807) is 6.07 Å². The summed E-state index contributed by atoms with van der Waals surface area (Å²) in [5.74, 6) is 0.952. The minimum atomic E-state index is -0.313. The summed E-state index contributed by atoms with van der Waals surface area (Å²) in [4.78, 5) is 0. The van der Waals surface area contributed by atoms with Crippen molar-refractivity contribution in [1.82, 2.24) is 0 Å². The molecule has 0 aliphatic carbocycles. The van der Waals surface area contributed by atoms with Gasteiger partial charge in [-0.05, 0) is 35.9 Å². The Morgan fingerprint density at radius 1 is 0.750 bits per heavy atom. The number of rotatable bonds is 2. The summed E-state index contributed by atoms with van der Waals surface area (Å²) < 4.78 is 11.5. The summed E-state index contributed by atoms with van der Waals surface area (Å²) in [6.07, 6.45) is 0.147. The zero-order chi connectivity index (χ0) is 19.4. The first-order valence-electron chi connectivity index (χ1n) is 8.76. The van der Waals surface area contributed by atoms with Crippen LogP contribution in [0.1, 0.15) is 17.2 Å². The highest BCUT2D eigenvalue weighted by Gasteiger charge is 2.29. The second kappa shape index (κ2) is 5.85. The Balaban J connectivity index is 1.46. The van der Waals surface area contributed by atoms with E-state index in [2.05, 4.69) is 0 Å². The van der Waals surface area contributed by atoms with Crippen molar-refractivity contribution in [3.05, 3.63) is 65.7 Å². The maximum atomic E-state index is 9.98. The zero-order valence-electron chi connectivity index (χ0n) is 14.6. The molecule has 6 heteroatoms. The molecule has 1 aliphatic heterocycles. The topological polar surface area (TPSA) is 103 Å². The van der Waals surface area contributed by atoms with Crippen molar-refractivity contribution in [2.24, 2.45) is 0 Å².